The van der Waals surface area contributed by atoms with Gasteiger partial charge in [0, 0.05) is 32.4 Å². The van der Waals surface area contributed by atoms with Gasteiger partial charge in [-0.15, -0.1) is 5.10 Å². The fraction of sp³-hybridized carbons (Fsp3) is 0.562. The normalized spacial score (nSPS) is 18.1. The lowest BCUT2D eigenvalue weighted by Crippen LogP contribution is -2.41. The Labute approximate surface area is 145 Å². The molecule has 1 aliphatic heterocycles. The molecule has 130 valence electrons. The van der Waals surface area contributed by atoms with Gasteiger partial charge in [0.2, 0.25) is 0 Å². The predicted octanol–water partition coefficient (Wildman–Crippen LogP) is 1.75. The Morgan fingerprint density at radius 1 is 1.50 bits per heavy atom. The zero-order valence-electron chi connectivity index (χ0n) is 13.9. The van der Waals surface area contributed by atoms with Crippen LogP contribution in [-0.2, 0) is 18.8 Å². The van der Waals surface area contributed by atoms with Crippen molar-refractivity contribution < 1.29 is 9.21 Å². The minimum absolute atomic E-state index is 0.0201. The number of furan rings is 1. The average molecular weight is 349 g/mol. The highest BCUT2D eigenvalue weighted by Gasteiger charge is 2.26. The van der Waals surface area contributed by atoms with Gasteiger partial charge in [-0.05, 0) is 37.1 Å². The predicted molar refractivity (Wildman–Crippen MR) is 92.5 cm³/mol. The van der Waals surface area contributed by atoms with Crippen molar-refractivity contribution in [3.63, 3.8) is 0 Å². The summed E-state index contributed by atoms with van der Waals surface area (Å²) >= 11 is 1.68. The summed E-state index contributed by atoms with van der Waals surface area (Å²) in [7, 11) is 0. The standard InChI is InChI=1S/C16H23N5O2S/c1-24-11-14-4-5-15(23-14)16(22)20-6-2-3-12(8-20)9-21-10-13(7-17)18-19-21/h4-5,10,12H,2-3,6-9,11,17H2,1H3/t12-/m1/s1. The summed E-state index contributed by atoms with van der Waals surface area (Å²) in [5, 5.41) is 8.11. The second kappa shape index (κ2) is 7.85. The van der Waals surface area contributed by atoms with Crippen LogP contribution in [0, 0.1) is 5.92 Å². The highest BCUT2D eigenvalue weighted by molar-refractivity contribution is 7.97. The quantitative estimate of drug-likeness (QED) is 0.854. The van der Waals surface area contributed by atoms with Gasteiger partial charge in [0.15, 0.2) is 5.76 Å². The molecule has 24 heavy (non-hydrogen) atoms. The Kier molecular flexibility index (Phi) is 5.57. The number of carbonyl (C=O) groups excluding carboxylic acids is 1. The molecule has 2 aromatic heterocycles. The van der Waals surface area contributed by atoms with Crippen LogP contribution >= 0.6 is 11.8 Å². The van der Waals surface area contributed by atoms with Gasteiger partial charge in [-0.2, -0.15) is 11.8 Å². The second-order valence-electron chi connectivity index (χ2n) is 6.09. The molecule has 0 bridgehead atoms. The monoisotopic (exact) mass is 349 g/mol. The van der Waals surface area contributed by atoms with Crippen LogP contribution in [0.2, 0.25) is 0 Å². The molecule has 1 aliphatic rings. The van der Waals surface area contributed by atoms with Gasteiger partial charge < -0.3 is 15.1 Å². The topological polar surface area (TPSA) is 90.2 Å². The van der Waals surface area contributed by atoms with Crippen LogP contribution in [0.5, 0.6) is 0 Å². The highest BCUT2D eigenvalue weighted by Crippen LogP contribution is 2.21. The van der Waals surface area contributed by atoms with E-state index in [1.165, 1.54) is 0 Å². The fourth-order valence-electron chi connectivity index (χ4n) is 3.05. The molecule has 8 heteroatoms. The van der Waals surface area contributed by atoms with Gasteiger partial charge >= 0.3 is 0 Å². The number of likely N-dealkylation sites (tertiary alicyclic amines) is 1. The number of piperidine rings is 1. The molecule has 1 amide bonds. The van der Waals surface area contributed by atoms with Crippen molar-refractivity contribution >= 4 is 17.7 Å². The van der Waals surface area contributed by atoms with Gasteiger partial charge in [0.25, 0.3) is 5.91 Å². The number of nitrogens with two attached hydrogens (primary N) is 1. The molecule has 1 saturated heterocycles. The van der Waals surface area contributed by atoms with E-state index in [0.717, 1.165) is 49.7 Å². The third-order valence-electron chi connectivity index (χ3n) is 4.21. The van der Waals surface area contributed by atoms with Crippen molar-refractivity contribution in [2.45, 2.75) is 31.7 Å². The molecule has 1 atom stereocenters. The van der Waals surface area contributed by atoms with Gasteiger partial charge in [-0.1, -0.05) is 5.21 Å². The zero-order valence-corrected chi connectivity index (χ0v) is 14.7. The average Bonchev–Trinajstić information content (AvgIpc) is 3.24. The lowest BCUT2D eigenvalue weighted by molar-refractivity contribution is 0.0626. The van der Waals surface area contributed by atoms with E-state index in [1.807, 2.05) is 28.1 Å². The van der Waals surface area contributed by atoms with Crippen molar-refractivity contribution in [1.29, 1.82) is 0 Å². The summed E-state index contributed by atoms with van der Waals surface area (Å²) in [5.74, 6) is 2.41. The summed E-state index contributed by atoms with van der Waals surface area (Å²) in [6.07, 6.45) is 5.96. The van der Waals surface area contributed by atoms with Crippen molar-refractivity contribution in [3.8, 4) is 0 Å². The van der Waals surface area contributed by atoms with E-state index in [0.29, 0.717) is 18.2 Å². The summed E-state index contributed by atoms with van der Waals surface area (Å²) in [6, 6.07) is 3.66. The Balaban J connectivity index is 1.60. The van der Waals surface area contributed by atoms with E-state index < -0.39 is 0 Å². The molecule has 0 aliphatic carbocycles. The van der Waals surface area contributed by atoms with E-state index >= 15 is 0 Å². The molecular formula is C16H23N5O2S. The largest absolute Gasteiger partial charge is 0.455 e. The van der Waals surface area contributed by atoms with E-state index in [4.69, 9.17) is 10.2 Å². The molecule has 0 saturated carbocycles. The minimum Gasteiger partial charge on any atom is -0.455 e. The summed E-state index contributed by atoms with van der Waals surface area (Å²) in [6.45, 7) is 2.65. The zero-order chi connectivity index (χ0) is 16.9. The van der Waals surface area contributed by atoms with Crippen LogP contribution in [0.1, 0.15) is 34.9 Å². The highest BCUT2D eigenvalue weighted by atomic mass is 32.2. The van der Waals surface area contributed by atoms with Gasteiger partial charge in [0.1, 0.15) is 5.76 Å². The van der Waals surface area contributed by atoms with Crippen LogP contribution in [0.15, 0.2) is 22.7 Å². The van der Waals surface area contributed by atoms with Crippen molar-refractivity contribution in [2.75, 3.05) is 19.3 Å². The lowest BCUT2D eigenvalue weighted by Gasteiger charge is -2.32. The summed E-state index contributed by atoms with van der Waals surface area (Å²) in [5.41, 5.74) is 6.35. The molecule has 2 N–H and O–H groups in total. The Bertz CT molecular complexity index is 684. The number of amides is 1. The van der Waals surface area contributed by atoms with Gasteiger partial charge in [-0.25, -0.2) is 0 Å². The molecule has 3 heterocycles. The number of hydrogen-bond donors (Lipinski definition) is 1. The number of nitrogens with zero attached hydrogens (tertiary/aromatic N) is 4. The summed E-state index contributed by atoms with van der Waals surface area (Å²) < 4.78 is 7.48. The third-order valence-corrected chi connectivity index (χ3v) is 4.78. The Morgan fingerprint density at radius 3 is 3.12 bits per heavy atom. The number of carbonyl (C=O) groups is 1. The number of hydrogen-bond acceptors (Lipinski definition) is 6. The fourth-order valence-corrected chi connectivity index (χ4v) is 3.49. The van der Waals surface area contributed by atoms with Crippen molar-refractivity contribution in [2.24, 2.45) is 11.7 Å². The molecular weight excluding hydrogens is 326 g/mol. The van der Waals surface area contributed by atoms with E-state index in [1.54, 1.807) is 17.8 Å². The van der Waals surface area contributed by atoms with Gasteiger partial charge in [0.05, 0.1) is 11.4 Å². The first-order valence-electron chi connectivity index (χ1n) is 8.15. The van der Waals surface area contributed by atoms with E-state index in [-0.39, 0.29) is 5.91 Å². The maximum Gasteiger partial charge on any atom is 0.289 e. The molecule has 0 radical (unpaired) electrons. The van der Waals surface area contributed by atoms with Crippen LogP contribution in [0.25, 0.3) is 0 Å². The smallest absolute Gasteiger partial charge is 0.289 e. The summed E-state index contributed by atoms with van der Waals surface area (Å²) in [4.78, 5) is 14.5. The maximum absolute atomic E-state index is 12.6. The second-order valence-corrected chi connectivity index (χ2v) is 6.96. The molecule has 2 aromatic rings. The van der Waals surface area contributed by atoms with Crippen molar-refractivity contribution in [3.05, 3.63) is 35.5 Å². The third kappa shape index (κ3) is 3.99. The molecule has 1 fully saturated rings. The first-order valence-corrected chi connectivity index (χ1v) is 9.55. The molecule has 7 nitrogen and oxygen atoms in total. The number of rotatable bonds is 6. The molecule has 0 spiro atoms. The number of thioether (sulfide) groups is 1. The van der Waals surface area contributed by atoms with E-state index in [2.05, 4.69) is 10.3 Å². The van der Waals surface area contributed by atoms with Crippen LogP contribution in [-0.4, -0.2) is 45.1 Å². The maximum atomic E-state index is 12.6. The Hall–Kier alpha value is -1.80. The van der Waals surface area contributed by atoms with Crippen LogP contribution < -0.4 is 5.73 Å². The molecule has 3 rings (SSSR count). The molecule has 0 unspecified atom stereocenters. The van der Waals surface area contributed by atoms with Crippen LogP contribution in [0.4, 0.5) is 0 Å². The minimum atomic E-state index is -0.0201. The number of aromatic nitrogens is 3. The first-order chi connectivity index (χ1) is 11.7. The lowest BCUT2D eigenvalue weighted by atomic mass is 9.98. The van der Waals surface area contributed by atoms with E-state index in [9.17, 15) is 4.79 Å². The van der Waals surface area contributed by atoms with Gasteiger partial charge in [-0.3, -0.25) is 9.48 Å². The molecule has 0 aromatic carbocycles. The Morgan fingerprint density at radius 2 is 2.38 bits per heavy atom. The first kappa shape index (κ1) is 17.0. The van der Waals surface area contributed by atoms with Crippen molar-refractivity contribution in [1.82, 2.24) is 19.9 Å². The van der Waals surface area contributed by atoms with Crippen LogP contribution in [0.3, 0.4) is 0 Å². The SMILES string of the molecule is CSCc1ccc(C(=O)N2CCC[C@@H](Cn3cc(CN)nn3)C2)o1.